The first-order valence-corrected chi connectivity index (χ1v) is 11.3. The molecule has 0 radical (unpaired) electrons. The van der Waals surface area contributed by atoms with E-state index in [1.807, 2.05) is 24.3 Å². The van der Waals surface area contributed by atoms with Crippen molar-refractivity contribution >= 4 is 33.9 Å². The summed E-state index contributed by atoms with van der Waals surface area (Å²) >= 11 is 1.52. The summed E-state index contributed by atoms with van der Waals surface area (Å²) in [6.45, 7) is 10.4. The molecule has 1 N–H and O–H groups in total. The molecule has 0 bridgehead atoms. The fraction of sp³-hybridized carbons (Fsp3) is 0.478. The Morgan fingerprint density at radius 1 is 1.17 bits per heavy atom. The molecule has 29 heavy (non-hydrogen) atoms. The Kier molecular flexibility index (Phi) is 6.96. The van der Waals surface area contributed by atoms with Crippen LogP contribution < -0.4 is 10.2 Å². The molecule has 1 aromatic heterocycles. The molecule has 0 spiro atoms. The van der Waals surface area contributed by atoms with E-state index in [0.29, 0.717) is 28.7 Å². The van der Waals surface area contributed by atoms with Gasteiger partial charge in [0.05, 0.1) is 12.2 Å². The molecule has 2 aromatic rings. The van der Waals surface area contributed by atoms with E-state index in [1.165, 1.54) is 16.2 Å². The number of thiophene rings is 1. The van der Waals surface area contributed by atoms with E-state index in [0.717, 1.165) is 43.6 Å². The zero-order valence-corrected chi connectivity index (χ0v) is 18.5. The van der Waals surface area contributed by atoms with Crippen LogP contribution in [0.2, 0.25) is 0 Å². The molecule has 0 saturated heterocycles. The van der Waals surface area contributed by atoms with Gasteiger partial charge in [-0.15, -0.1) is 11.3 Å². The molecule has 6 heteroatoms. The van der Waals surface area contributed by atoms with Crippen molar-refractivity contribution in [3.63, 3.8) is 0 Å². The first kappa shape index (κ1) is 21.4. The molecule has 156 valence electrons. The van der Waals surface area contributed by atoms with Gasteiger partial charge in [0, 0.05) is 29.2 Å². The van der Waals surface area contributed by atoms with E-state index in [1.54, 1.807) is 6.92 Å². The number of rotatable bonds is 7. The topological polar surface area (TPSA) is 58.6 Å². The average Bonchev–Trinajstić information content (AvgIpc) is 3.06. The summed E-state index contributed by atoms with van der Waals surface area (Å²) in [6.07, 6.45) is 2.85. The number of esters is 1. The lowest BCUT2D eigenvalue weighted by atomic mass is 9.88. The molecule has 0 aliphatic heterocycles. The maximum Gasteiger partial charge on any atom is 0.341 e. The molecule has 3 rings (SSSR count). The van der Waals surface area contributed by atoms with Crippen molar-refractivity contribution in [2.75, 3.05) is 29.9 Å². The third-order valence-corrected chi connectivity index (χ3v) is 6.65. The molecule has 0 fully saturated rings. The lowest BCUT2D eigenvalue weighted by Gasteiger charge is -2.21. The van der Waals surface area contributed by atoms with Crippen LogP contribution in [0, 0.1) is 5.92 Å². The Morgan fingerprint density at radius 3 is 2.48 bits per heavy atom. The summed E-state index contributed by atoms with van der Waals surface area (Å²) < 4.78 is 5.28. The third kappa shape index (κ3) is 4.64. The van der Waals surface area contributed by atoms with E-state index in [-0.39, 0.29) is 11.9 Å². The van der Waals surface area contributed by atoms with Gasteiger partial charge in [-0.3, -0.25) is 4.79 Å². The van der Waals surface area contributed by atoms with Crippen LogP contribution in [0.5, 0.6) is 0 Å². The summed E-state index contributed by atoms with van der Waals surface area (Å²) in [4.78, 5) is 28.9. The van der Waals surface area contributed by atoms with E-state index in [9.17, 15) is 9.59 Å². The second kappa shape index (κ2) is 9.44. The zero-order chi connectivity index (χ0) is 21.0. The average molecular weight is 415 g/mol. The molecule has 1 atom stereocenters. The molecule has 1 aliphatic rings. The van der Waals surface area contributed by atoms with E-state index in [2.05, 4.69) is 31.0 Å². The molecule has 1 amide bonds. The van der Waals surface area contributed by atoms with Gasteiger partial charge in [-0.2, -0.15) is 0 Å². The zero-order valence-electron chi connectivity index (χ0n) is 17.7. The second-order valence-electron chi connectivity index (χ2n) is 7.45. The van der Waals surface area contributed by atoms with Crippen LogP contribution in [0.25, 0.3) is 0 Å². The van der Waals surface area contributed by atoms with Crippen LogP contribution in [0.1, 0.15) is 65.3 Å². The minimum absolute atomic E-state index is 0.201. The van der Waals surface area contributed by atoms with Crippen LogP contribution in [-0.2, 0) is 17.6 Å². The van der Waals surface area contributed by atoms with Crippen molar-refractivity contribution in [3.05, 3.63) is 45.8 Å². The van der Waals surface area contributed by atoms with Crippen molar-refractivity contribution in [2.24, 2.45) is 5.92 Å². The van der Waals surface area contributed by atoms with Gasteiger partial charge >= 0.3 is 5.97 Å². The normalized spacial score (nSPS) is 15.5. The van der Waals surface area contributed by atoms with Crippen LogP contribution in [0.3, 0.4) is 0 Å². The Bertz CT molecular complexity index is 869. The van der Waals surface area contributed by atoms with Crippen molar-refractivity contribution in [2.45, 2.75) is 47.0 Å². The van der Waals surface area contributed by atoms with Crippen LogP contribution in [0.4, 0.5) is 10.7 Å². The third-order valence-electron chi connectivity index (χ3n) is 5.48. The molecule has 1 aliphatic carbocycles. The largest absolute Gasteiger partial charge is 0.462 e. The van der Waals surface area contributed by atoms with Crippen LogP contribution >= 0.6 is 11.3 Å². The summed E-state index contributed by atoms with van der Waals surface area (Å²) in [7, 11) is 0. The standard InChI is InChI=1S/C23H30N2O3S/c1-5-25(6-2)17-11-9-16(10-12-17)21(26)24-22-20(23(27)28-7-3)18-13-8-15(4)14-19(18)29-22/h9-12,15H,5-8,13-14H2,1-4H3,(H,24,26). The number of nitrogens with zero attached hydrogens (tertiary/aromatic N) is 1. The predicted molar refractivity (Wildman–Crippen MR) is 119 cm³/mol. The molecular weight excluding hydrogens is 384 g/mol. The highest BCUT2D eigenvalue weighted by molar-refractivity contribution is 7.17. The summed E-state index contributed by atoms with van der Waals surface area (Å²) in [5.41, 5.74) is 3.28. The quantitative estimate of drug-likeness (QED) is 0.637. The second-order valence-corrected chi connectivity index (χ2v) is 8.55. The number of benzene rings is 1. The molecule has 1 unspecified atom stereocenters. The van der Waals surface area contributed by atoms with Crippen molar-refractivity contribution in [3.8, 4) is 0 Å². The number of fused-ring (bicyclic) bond motifs is 1. The highest BCUT2D eigenvalue weighted by Crippen LogP contribution is 2.40. The van der Waals surface area contributed by atoms with Gasteiger partial charge in [-0.1, -0.05) is 6.92 Å². The minimum Gasteiger partial charge on any atom is -0.462 e. The predicted octanol–water partition coefficient (Wildman–Crippen LogP) is 5.15. The van der Waals surface area contributed by atoms with Gasteiger partial charge in [0.2, 0.25) is 0 Å². The van der Waals surface area contributed by atoms with Crippen molar-refractivity contribution in [1.82, 2.24) is 0 Å². The molecule has 5 nitrogen and oxygen atoms in total. The minimum atomic E-state index is -0.341. The van der Waals surface area contributed by atoms with Gasteiger partial charge in [0.15, 0.2) is 0 Å². The first-order valence-electron chi connectivity index (χ1n) is 10.5. The first-order chi connectivity index (χ1) is 14.0. The van der Waals surface area contributed by atoms with Crippen LogP contribution in [0.15, 0.2) is 24.3 Å². The number of amides is 1. The lowest BCUT2D eigenvalue weighted by molar-refractivity contribution is 0.0526. The molecule has 0 saturated carbocycles. The van der Waals surface area contributed by atoms with Gasteiger partial charge in [0.25, 0.3) is 5.91 Å². The number of nitrogens with one attached hydrogen (secondary N) is 1. The van der Waals surface area contributed by atoms with Crippen LogP contribution in [-0.4, -0.2) is 31.6 Å². The van der Waals surface area contributed by atoms with E-state index >= 15 is 0 Å². The smallest absolute Gasteiger partial charge is 0.341 e. The highest BCUT2D eigenvalue weighted by atomic mass is 32.1. The fourth-order valence-corrected chi connectivity index (χ4v) is 5.24. The number of carbonyl (C=O) groups is 2. The summed E-state index contributed by atoms with van der Waals surface area (Å²) in [6, 6.07) is 7.61. The number of anilines is 2. The molecule has 1 aromatic carbocycles. The van der Waals surface area contributed by atoms with Crippen molar-refractivity contribution < 1.29 is 14.3 Å². The monoisotopic (exact) mass is 414 g/mol. The molecule has 1 heterocycles. The van der Waals surface area contributed by atoms with Gasteiger partial charge in [-0.05, 0) is 75.8 Å². The van der Waals surface area contributed by atoms with Gasteiger partial charge in [-0.25, -0.2) is 4.79 Å². The van der Waals surface area contributed by atoms with E-state index < -0.39 is 0 Å². The number of ether oxygens (including phenoxy) is 1. The van der Waals surface area contributed by atoms with Gasteiger partial charge < -0.3 is 15.0 Å². The maximum absolute atomic E-state index is 12.9. The Hall–Kier alpha value is -2.34. The lowest BCUT2D eigenvalue weighted by Crippen LogP contribution is -2.22. The number of hydrogen-bond donors (Lipinski definition) is 1. The summed E-state index contributed by atoms with van der Waals surface area (Å²) in [5.74, 6) is 0.0485. The fourth-order valence-electron chi connectivity index (χ4n) is 3.85. The van der Waals surface area contributed by atoms with E-state index in [4.69, 9.17) is 4.74 Å². The molecular formula is C23H30N2O3S. The number of hydrogen-bond acceptors (Lipinski definition) is 5. The van der Waals surface area contributed by atoms with Crippen molar-refractivity contribution in [1.29, 1.82) is 0 Å². The SMILES string of the molecule is CCOC(=O)c1c(NC(=O)c2ccc(N(CC)CC)cc2)sc2c1CCC(C)C2. The summed E-state index contributed by atoms with van der Waals surface area (Å²) in [5, 5.41) is 3.59. The Balaban J connectivity index is 1.85. The van der Waals surface area contributed by atoms with Gasteiger partial charge in [0.1, 0.15) is 5.00 Å². The number of carbonyl (C=O) groups excluding carboxylic acids is 2. The Morgan fingerprint density at radius 2 is 1.86 bits per heavy atom. The highest BCUT2D eigenvalue weighted by Gasteiger charge is 2.29. The Labute approximate surface area is 177 Å². The maximum atomic E-state index is 12.9.